The number of nitrogens with two attached hydrogens (primary N) is 1. The molecule has 6 heterocycles. The summed E-state index contributed by atoms with van der Waals surface area (Å²) in [6.07, 6.45) is 0.669. The molecule has 0 spiro atoms. The minimum Gasteiger partial charge on any atom is -0.491 e. The number of thiophene rings is 1. The molecule has 0 radical (unpaired) electrons. The summed E-state index contributed by atoms with van der Waals surface area (Å²) in [5.74, 6) is -1.47. The normalized spacial score (nSPS) is 25.4. The highest BCUT2D eigenvalue weighted by atomic mass is 35.5. The summed E-state index contributed by atoms with van der Waals surface area (Å²) in [6, 6.07) is 3.49. The Hall–Kier alpha value is -4.13. The first-order valence-corrected chi connectivity index (χ1v) is 18.7. The molecule has 3 fully saturated rings. The Morgan fingerprint density at radius 1 is 1.27 bits per heavy atom. The number of nitrogen functional groups attached to an aromatic ring is 1. The van der Waals surface area contributed by atoms with Crippen LogP contribution in [0.4, 0.5) is 28.4 Å². The summed E-state index contributed by atoms with van der Waals surface area (Å²) in [6.45, 7) is 2.98. The summed E-state index contributed by atoms with van der Waals surface area (Å²) in [5.41, 5.74) is 5.30. The summed E-state index contributed by atoms with van der Waals surface area (Å²) in [5, 5.41) is 13.1. The maximum Gasteiger partial charge on any atom is 0.319 e. The number of nitrogens with one attached hydrogen (secondary N) is 1. The molecule has 10 nitrogen and oxygen atoms in total. The van der Waals surface area contributed by atoms with E-state index in [0.717, 1.165) is 36.8 Å². The lowest BCUT2D eigenvalue weighted by Gasteiger charge is -2.38. The van der Waals surface area contributed by atoms with Gasteiger partial charge in [-0.25, -0.2) is 17.6 Å². The Morgan fingerprint density at radius 3 is 2.88 bits per heavy atom. The van der Waals surface area contributed by atoms with Gasteiger partial charge in [0.2, 0.25) is 5.91 Å². The van der Waals surface area contributed by atoms with Crippen LogP contribution in [0.25, 0.3) is 32.1 Å². The molecular weight excluding hydrogens is 722 g/mol. The number of anilines is 2. The zero-order valence-corrected chi connectivity index (χ0v) is 29.9. The van der Waals surface area contributed by atoms with Crippen LogP contribution in [0.15, 0.2) is 12.1 Å². The number of fused-ring (bicyclic) bond motifs is 4. The number of aromatic nitrogens is 2. The van der Waals surface area contributed by atoms with Gasteiger partial charge in [-0.3, -0.25) is 9.69 Å². The second kappa shape index (κ2) is 13.4. The van der Waals surface area contributed by atoms with E-state index in [-0.39, 0.29) is 97.2 Å². The molecule has 16 heteroatoms. The first-order valence-electron chi connectivity index (χ1n) is 17.5. The largest absolute Gasteiger partial charge is 0.491 e. The molecule has 0 saturated carbocycles. The van der Waals surface area contributed by atoms with E-state index in [1.165, 1.54) is 13.0 Å². The number of carbonyl (C=O) groups is 1. The van der Waals surface area contributed by atoms with Gasteiger partial charge in [-0.1, -0.05) is 17.7 Å². The molecule has 274 valence electrons. The molecule has 0 bridgehead atoms. The van der Waals surface area contributed by atoms with Crippen molar-refractivity contribution in [3.05, 3.63) is 34.4 Å². The van der Waals surface area contributed by atoms with Crippen LogP contribution < -0.4 is 25.4 Å². The van der Waals surface area contributed by atoms with Crippen molar-refractivity contribution in [3.63, 3.8) is 0 Å². The maximum atomic E-state index is 17.4. The molecule has 8 rings (SSSR count). The Labute approximate surface area is 305 Å². The molecular formula is C36H36ClF4N7O3S. The van der Waals surface area contributed by atoms with E-state index < -0.39 is 41.6 Å². The molecule has 3 saturated heterocycles. The first-order chi connectivity index (χ1) is 25.0. The Kier molecular flexibility index (Phi) is 8.98. The third-order valence-electron chi connectivity index (χ3n) is 10.9. The number of amides is 1. The predicted octanol–water partition coefficient (Wildman–Crippen LogP) is 6.84. The number of nitrogens with zero attached hydrogens (tertiary/aromatic N) is 5. The Balaban J connectivity index is 1.34. The van der Waals surface area contributed by atoms with Gasteiger partial charge in [-0.15, -0.1) is 11.3 Å². The number of benzene rings is 2. The Bertz CT molecular complexity index is 2150. The van der Waals surface area contributed by atoms with Crippen molar-refractivity contribution in [2.75, 3.05) is 43.5 Å². The summed E-state index contributed by atoms with van der Waals surface area (Å²) in [4.78, 5) is 26.6. The van der Waals surface area contributed by atoms with Gasteiger partial charge in [0.15, 0.2) is 11.6 Å². The van der Waals surface area contributed by atoms with E-state index >= 15 is 8.78 Å². The quantitative estimate of drug-likeness (QED) is 0.203. The van der Waals surface area contributed by atoms with Gasteiger partial charge < -0.3 is 25.4 Å². The molecule has 2 aromatic heterocycles. The highest BCUT2D eigenvalue weighted by molar-refractivity contribution is 7.23. The second-order valence-corrected chi connectivity index (χ2v) is 15.7. The lowest BCUT2D eigenvalue weighted by Crippen LogP contribution is -2.49. The van der Waals surface area contributed by atoms with Crippen LogP contribution in [0.5, 0.6) is 11.8 Å². The van der Waals surface area contributed by atoms with E-state index in [1.54, 1.807) is 0 Å². The smallest absolute Gasteiger partial charge is 0.319 e. The number of halogens is 5. The Morgan fingerprint density at radius 2 is 2.10 bits per heavy atom. The summed E-state index contributed by atoms with van der Waals surface area (Å²) < 4.78 is 73.9. The molecule has 2 aromatic carbocycles. The fraction of sp³-hybridized carbons (Fsp3) is 0.500. The molecule has 1 amide bonds. The molecule has 3 N–H and O–H groups in total. The molecule has 4 aliphatic heterocycles. The zero-order valence-electron chi connectivity index (χ0n) is 28.3. The molecule has 5 atom stereocenters. The summed E-state index contributed by atoms with van der Waals surface area (Å²) in [7, 11) is 0. The van der Waals surface area contributed by atoms with Crippen molar-refractivity contribution in [2.24, 2.45) is 0 Å². The van der Waals surface area contributed by atoms with E-state index in [0.29, 0.717) is 32.4 Å². The van der Waals surface area contributed by atoms with Crippen LogP contribution in [-0.2, 0) is 4.79 Å². The number of rotatable bonds is 6. The standard InChI is InChI=1S/C36H36ClF4N7O3S/c1-17(38)11-19-5-9-48-20(12-24(49)44-19)6-10-50-31-27-30(45-35(46-34(27)48)51-16-36-7-2-8-47(36)15-18(39)13-36)29(41)26(28(31)37)21-3-4-23(40)32-25(21)22(14-42)33(43)52-32/h3-4,17-20H,2,5-13,15-16,43H2,1H3,(H,44,49)/t17?,18-,19?,20?,36+/m1/s1. The average Bonchev–Trinajstić information content (AvgIpc) is 3.73. The van der Waals surface area contributed by atoms with Crippen molar-refractivity contribution in [2.45, 2.75) is 81.8 Å². The number of ether oxygens (including phenoxy) is 2. The third-order valence-corrected chi connectivity index (χ3v) is 12.3. The first kappa shape index (κ1) is 34.9. The van der Waals surface area contributed by atoms with Gasteiger partial charge >= 0.3 is 6.01 Å². The van der Waals surface area contributed by atoms with E-state index in [2.05, 4.69) is 15.2 Å². The average molecular weight is 758 g/mol. The lowest BCUT2D eigenvalue weighted by atomic mass is 9.95. The lowest BCUT2D eigenvalue weighted by molar-refractivity contribution is -0.122. The molecule has 0 aliphatic carbocycles. The number of nitriles is 1. The van der Waals surface area contributed by atoms with Crippen LogP contribution >= 0.6 is 22.9 Å². The van der Waals surface area contributed by atoms with Crippen molar-refractivity contribution in [1.29, 1.82) is 5.26 Å². The van der Waals surface area contributed by atoms with Gasteiger partial charge in [-0.05, 0) is 50.8 Å². The van der Waals surface area contributed by atoms with Crippen LogP contribution in [0, 0.1) is 23.0 Å². The molecule has 52 heavy (non-hydrogen) atoms. The number of hydrogen-bond acceptors (Lipinski definition) is 10. The van der Waals surface area contributed by atoms with Crippen LogP contribution in [0.2, 0.25) is 5.02 Å². The van der Waals surface area contributed by atoms with Gasteiger partial charge in [0, 0.05) is 55.4 Å². The maximum absolute atomic E-state index is 17.4. The minimum absolute atomic E-state index is 0.0111. The number of carbonyl (C=O) groups excluding carboxylic acids is 1. The van der Waals surface area contributed by atoms with Crippen LogP contribution in [-0.4, -0.2) is 83.6 Å². The highest BCUT2D eigenvalue weighted by Gasteiger charge is 2.49. The van der Waals surface area contributed by atoms with Crippen molar-refractivity contribution >= 4 is 60.7 Å². The topological polar surface area (TPSA) is 130 Å². The molecule has 4 aliphatic rings. The van der Waals surface area contributed by atoms with Gasteiger partial charge in [0.25, 0.3) is 0 Å². The fourth-order valence-electron chi connectivity index (χ4n) is 8.60. The minimum atomic E-state index is -1.15. The van der Waals surface area contributed by atoms with Gasteiger partial charge in [-0.2, -0.15) is 15.2 Å². The van der Waals surface area contributed by atoms with E-state index in [4.69, 9.17) is 31.8 Å². The second-order valence-electron chi connectivity index (χ2n) is 14.3. The van der Waals surface area contributed by atoms with Crippen molar-refractivity contribution in [1.82, 2.24) is 20.2 Å². The zero-order chi connectivity index (χ0) is 36.5. The fourth-order valence-corrected chi connectivity index (χ4v) is 9.88. The van der Waals surface area contributed by atoms with Gasteiger partial charge in [0.1, 0.15) is 41.0 Å². The number of hydrogen-bond donors (Lipinski definition) is 2. The van der Waals surface area contributed by atoms with Crippen molar-refractivity contribution in [3.8, 4) is 29.0 Å². The van der Waals surface area contributed by atoms with E-state index in [9.17, 15) is 18.8 Å². The van der Waals surface area contributed by atoms with Gasteiger partial charge in [0.05, 0.1) is 39.0 Å². The van der Waals surface area contributed by atoms with E-state index in [1.807, 2.05) is 11.0 Å². The number of alkyl halides is 2. The molecule has 4 aromatic rings. The summed E-state index contributed by atoms with van der Waals surface area (Å²) >= 11 is 7.95. The third kappa shape index (κ3) is 5.83. The van der Waals surface area contributed by atoms with Crippen molar-refractivity contribution < 1.29 is 31.8 Å². The van der Waals surface area contributed by atoms with Crippen LogP contribution in [0.3, 0.4) is 0 Å². The van der Waals surface area contributed by atoms with Crippen LogP contribution in [0.1, 0.15) is 57.4 Å². The predicted molar refractivity (Wildman–Crippen MR) is 191 cm³/mol. The molecule has 3 unspecified atom stereocenters. The monoisotopic (exact) mass is 757 g/mol. The highest BCUT2D eigenvalue weighted by Crippen LogP contribution is 2.51. The SMILES string of the molecule is CC(F)CC1CCN2c3nc(OC[C@@]45CCCN4C[C@H](F)C5)nc4c(F)c(-c5ccc(F)c6sc(N)c(C#N)c56)c(Cl)c(c34)OCCC2CC(=O)N1.